The zero-order chi connectivity index (χ0) is 43.3. The van der Waals surface area contributed by atoms with Crippen LogP contribution in [0.3, 0.4) is 0 Å². The summed E-state index contributed by atoms with van der Waals surface area (Å²) in [4.78, 5) is 1.08. The maximum Gasteiger partial charge on any atom is 0.228 e. The summed E-state index contributed by atoms with van der Waals surface area (Å²) in [6.45, 7) is -0.756. The van der Waals surface area contributed by atoms with E-state index in [2.05, 4.69) is 12.5 Å². The Morgan fingerprint density at radius 1 is 0.368 bits per heavy atom. The van der Waals surface area contributed by atoms with Gasteiger partial charge in [0.05, 0.1) is 0 Å². The van der Waals surface area contributed by atoms with Crippen LogP contribution in [0.5, 0.6) is 5.75 Å². The first kappa shape index (κ1) is 44.6. The van der Waals surface area contributed by atoms with Crippen molar-refractivity contribution in [2.75, 3.05) is 19.4 Å². The molecule has 0 radical (unpaired) electrons. The molecule has 306 valence electrons. The summed E-state index contributed by atoms with van der Waals surface area (Å²) in [5.74, 6) is -70.7. The summed E-state index contributed by atoms with van der Waals surface area (Å²) in [5.41, 5.74) is -14.3. The molecule has 5 aromatic rings. The summed E-state index contributed by atoms with van der Waals surface area (Å²) in [6.07, 6.45) is -3.05. The Bertz CT molecular complexity index is 2040. The van der Waals surface area contributed by atoms with Gasteiger partial charge in [-0.15, -0.1) is 21.9 Å². The van der Waals surface area contributed by atoms with Crippen LogP contribution in [0, 0.1) is 116 Å². The van der Waals surface area contributed by atoms with Crippen molar-refractivity contribution < 1.29 is 96.9 Å². The van der Waals surface area contributed by atoms with Crippen molar-refractivity contribution >= 4 is 38.9 Å². The minimum absolute atomic E-state index is 0.116. The van der Waals surface area contributed by atoms with E-state index in [0.29, 0.717) is 5.75 Å². The second kappa shape index (κ2) is 16.4. The van der Waals surface area contributed by atoms with E-state index in [4.69, 9.17) is 4.74 Å². The first-order valence-corrected chi connectivity index (χ1v) is 16.6. The van der Waals surface area contributed by atoms with Gasteiger partial charge in [0.15, 0.2) is 80.5 Å². The highest BCUT2D eigenvalue weighted by molar-refractivity contribution is 7.95. The van der Waals surface area contributed by atoms with Crippen molar-refractivity contribution in [3.8, 4) is 5.75 Å². The van der Waals surface area contributed by atoms with E-state index in [-0.39, 0.29) is 10.9 Å². The summed E-state index contributed by atoms with van der Waals surface area (Å²) in [7, 11) is 0.116. The highest BCUT2D eigenvalue weighted by atomic mass is 32.2. The predicted molar refractivity (Wildman–Crippen MR) is 160 cm³/mol. The molecule has 0 saturated carbocycles. The lowest BCUT2D eigenvalue weighted by Gasteiger charge is -2.44. The number of rotatable bonds is 7. The molecule has 0 unspecified atom stereocenters. The second-order valence-electron chi connectivity index (χ2n) is 11.3. The SMILES string of the molecule is C[S+](C)c1ccccc1OCF.Fc1c(F)c(F)c([B-](c2c(F)c(F)c(F)c(F)c2F)(c2c(F)c(F)c(F)c(F)c2F)c2c(F)c(F)c(F)c(F)c2F)c(F)c1F. The van der Waals surface area contributed by atoms with Crippen LogP contribution in [0.4, 0.5) is 92.2 Å². The molecule has 0 aliphatic carbocycles. The maximum absolute atomic E-state index is 15.4. The molecule has 0 saturated heterocycles. The zero-order valence-electron chi connectivity index (χ0n) is 27.3. The van der Waals surface area contributed by atoms with Crippen LogP contribution in [-0.4, -0.2) is 25.5 Å². The minimum Gasteiger partial charge on any atom is -0.458 e. The molecule has 0 spiro atoms. The molecule has 0 aromatic heterocycles. The second-order valence-corrected chi connectivity index (χ2v) is 13.4. The van der Waals surface area contributed by atoms with Crippen LogP contribution in [0.15, 0.2) is 29.2 Å². The summed E-state index contributed by atoms with van der Waals surface area (Å²) in [6, 6.07) is 7.55. The number of benzene rings is 5. The van der Waals surface area contributed by atoms with Gasteiger partial charge in [0.1, 0.15) is 65.2 Å². The molecule has 24 heteroatoms. The molecule has 0 atom stereocenters. The lowest BCUT2D eigenvalue weighted by Crippen LogP contribution is -2.81. The van der Waals surface area contributed by atoms with E-state index < -0.39 is 151 Å². The molecule has 5 aromatic carbocycles. The third kappa shape index (κ3) is 6.87. The molecule has 0 N–H and O–H groups in total. The first-order valence-electron chi connectivity index (χ1n) is 14.5. The average Bonchev–Trinajstić information content (AvgIpc) is 3.18. The van der Waals surface area contributed by atoms with Gasteiger partial charge in [-0.05, 0) is 12.1 Å². The van der Waals surface area contributed by atoms with Crippen molar-refractivity contribution in [2.24, 2.45) is 0 Å². The quantitative estimate of drug-likeness (QED) is 0.0529. The van der Waals surface area contributed by atoms with E-state index in [1.54, 1.807) is 6.07 Å². The predicted octanol–water partition coefficient (Wildman–Crippen LogP) is 8.08. The van der Waals surface area contributed by atoms with E-state index in [1.807, 2.05) is 18.2 Å². The van der Waals surface area contributed by atoms with Crippen LogP contribution < -0.4 is 26.6 Å². The van der Waals surface area contributed by atoms with Crippen molar-refractivity contribution in [2.45, 2.75) is 4.90 Å². The van der Waals surface area contributed by atoms with E-state index >= 15 is 35.1 Å². The Balaban J connectivity index is 0.000000512. The van der Waals surface area contributed by atoms with Gasteiger partial charge >= 0.3 is 0 Å². The van der Waals surface area contributed by atoms with Gasteiger partial charge in [-0.3, -0.25) is 0 Å². The normalized spacial score (nSPS) is 11.6. The number of hydrogen-bond donors (Lipinski definition) is 0. The fourth-order valence-corrected chi connectivity index (χ4v) is 6.72. The molecule has 0 amide bonds. The number of ether oxygens (including phenoxy) is 1. The van der Waals surface area contributed by atoms with Gasteiger partial charge in [-0.1, -0.05) is 12.1 Å². The maximum atomic E-state index is 15.4. The Morgan fingerprint density at radius 3 is 0.789 bits per heavy atom. The average molecular weight is 866 g/mol. The molecule has 0 heterocycles. The number of para-hydroxylation sites is 1. The molecule has 57 heavy (non-hydrogen) atoms. The number of alkyl halides is 1. The van der Waals surface area contributed by atoms with Crippen LogP contribution >= 0.6 is 0 Å². The third-order valence-electron chi connectivity index (χ3n) is 8.21. The third-order valence-corrected chi connectivity index (χ3v) is 9.42. The Kier molecular flexibility index (Phi) is 12.8. The Labute approximate surface area is 306 Å². The monoisotopic (exact) mass is 866 g/mol. The van der Waals surface area contributed by atoms with Gasteiger partial charge in [0.2, 0.25) is 6.86 Å². The molecule has 0 aliphatic rings. The summed E-state index contributed by atoms with van der Waals surface area (Å²) >= 11 is 0. The van der Waals surface area contributed by atoms with Crippen LogP contribution in [0.25, 0.3) is 0 Å². The van der Waals surface area contributed by atoms with Gasteiger partial charge in [-0.25, -0.2) is 92.2 Å². The van der Waals surface area contributed by atoms with Crippen LogP contribution in [-0.2, 0) is 10.9 Å². The van der Waals surface area contributed by atoms with Gasteiger partial charge in [0.25, 0.3) is 0 Å². The summed E-state index contributed by atoms with van der Waals surface area (Å²) in [5, 5.41) is 0. The summed E-state index contributed by atoms with van der Waals surface area (Å²) < 4.78 is 311. The first-order chi connectivity index (χ1) is 26.5. The molecule has 0 bridgehead atoms. The van der Waals surface area contributed by atoms with E-state index in [0.717, 1.165) is 4.90 Å². The number of hydrogen-bond acceptors (Lipinski definition) is 1. The molecule has 1 nitrogen and oxygen atoms in total. The highest BCUT2D eigenvalue weighted by Crippen LogP contribution is 2.31. The molecule has 0 aliphatic heterocycles. The fourth-order valence-electron chi connectivity index (χ4n) is 5.84. The largest absolute Gasteiger partial charge is 0.458 e. The van der Waals surface area contributed by atoms with Gasteiger partial charge in [0, 0.05) is 10.9 Å². The smallest absolute Gasteiger partial charge is 0.228 e. The highest BCUT2D eigenvalue weighted by Gasteiger charge is 2.52. The van der Waals surface area contributed by atoms with Crippen molar-refractivity contribution in [3.63, 3.8) is 0 Å². The molecule has 5 rings (SSSR count). The fraction of sp³-hybridized carbons (Fsp3) is 0.0909. The van der Waals surface area contributed by atoms with Gasteiger partial charge in [-0.2, -0.15) is 0 Å². The van der Waals surface area contributed by atoms with E-state index in [1.165, 1.54) is 0 Å². The lowest BCUT2D eigenvalue weighted by atomic mass is 9.12. The number of halogens is 21. The topological polar surface area (TPSA) is 9.23 Å². The van der Waals surface area contributed by atoms with Crippen LogP contribution in [0.1, 0.15) is 0 Å². The van der Waals surface area contributed by atoms with Gasteiger partial charge < -0.3 is 4.74 Å². The standard InChI is InChI=1S/C24BF20.C9H12FOS/c26-5-1(6(27)14(35)21(42)13(5)34)25(2-7(28)15(36)22(43)16(37)8(2)29,3-9(30)17(38)23(44)18(39)10(3)31)4-11(32)19(40)24(45)20(41)12(4)33;1-12(2)9-6-4-3-5-8(9)11-7-10/h;3-6H,7H2,1-2H3/q-1;+1. The molecular formula is C33H12BF21OS. The Morgan fingerprint density at radius 2 is 0.579 bits per heavy atom. The molecule has 0 fully saturated rings. The minimum atomic E-state index is -7.22. The lowest BCUT2D eigenvalue weighted by molar-refractivity contribution is 0.187. The zero-order valence-corrected chi connectivity index (χ0v) is 28.2. The van der Waals surface area contributed by atoms with Crippen LogP contribution in [0.2, 0.25) is 0 Å². The van der Waals surface area contributed by atoms with Crippen molar-refractivity contribution in [1.29, 1.82) is 0 Å². The molecular weight excluding hydrogens is 854 g/mol. The van der Waals surface area contributed by atoms with Crippen molar-refractivity contribution in [1.82, 2.24) is 0 Å². The van der Waals surface area contributed by atoms with E-state index in [9.17, 15) is 57.1 Å². The Hall–Kier alpha value is -5.16. The van der Waals surface area contributed by atoms with Crippen molar-refractivity contribution in [3.05, 3.63) is 141 Å².